The number of ketones is 1. The molecule has 3 aliphatic rings. The molecule has 4 rings (SSSR count). The van der Waals surface area contributed by atoms with Gasteiger partial charge in [-0.3, -0.25) is 43.2 Å². The minimum atomic E-state index is -1.74. The molecule has 1 unspecified atom stereocenters. The van der Waals surface area contributed by atoms with E-state index in [1.54, 1.807) is 52.0 Å². The van der Waals surface area contributed by atoms with Gasteiger partial charge in [-0.15, -0.1) is 0 Å². The van der Waals surface area contributed by atoms with Crippen LogP contribution in [0.2, 0.25) is 0 Å². The summed E-state index contributed by atoms with van der Waals surface area (Å²) < 4.78 is 17.2. The summed E-state index contributed by atoms with van der Waals surface area (Å²) in [6.07, 6.45) is -3.34. The number of hydrogen-bond donors (Lipinski definition) is 4. The molecule has 11 atom stereocenters. The first kappa shape index (κ1) is 61.4. The number of hydrogen-bond acceptors (Lipinski definition) is 14. The van der Waals surface area contributed by atoms with Gasteiger partial charge in [-0.1, -0.05) is 73.9 Å². The Hall–Kier alpha value is -6.12. The Morgan fingerprint density at radius 2 is 1.52 bits per heavy atom. The summed E-state index contributed by atoms with van der Waals surface area (Å²) in [5.74, 6) is -8.67. The van der Waals surface area contributed by atoms with Crippen molar-refractivity contribution < 1.29 is 67.3 Å². The number of benzene rings is 1. The predicted molar refractivity (Wildman–Crippen MR) is 275 cm³/mol. The average molecular weight is 1050 g/mol. The topological polar surface area (TPSA) is 268 Å². The van der Waals surface area contributed by atoms with Crippen molar-refractivity contribution in [2.24, 2.45) is 23.7 Å². The summed E-state index contributed by atoms with van der Waals surface area (Å²) >= 11 is 0. The molecule has 7 amide bonds. The quantitative estimate of drug-likeness (QED) is 0.145. The number of carbonyl (C=O) groups excluding carboxylic acids is 10. The SMILES string of the molecule is CC[C@H](C)[C@H]1NC(=O)[C@@H](NC(=O)[C@H](CC(C)C)N(C)C(=O)C2CCCN2C(=O)C(C)=O)[C@@H](C)OC(=O)[C@H](Cc2ccc(OC)cc2)N(C)C(=O)[C@@H]2CCCN2C(=O)[C@H](CC(C)C)NC(=O)[C@H](C(C)C)OC(=O)C[C@@H]1O. The maximum Gasteiger partial charge on any atom is 0.329 e. The van der Waals surface area contributed by atoms with Gasteiger partial charge < -0.3 is 54.9 Å². The lowest BCUT2D eigenvalue weighted by Gasteiger charge is -2.36. The van der Waals surface area contributed by atoms with Gasteiger partial charge in [-0.25, -0.2) is 4.79 Å². The summed E-state index contributed by atoms with van der Waals surface area (Å²) in [5, 5.41) is 20.1. The van der Waals surface area contributed by atoms with Crippen molar-refractivity contribution in [2.75, 3.05) is 34.3 Å². The molecule has 0 aliphatic carbocycles. The molecule has 0 radical (unpaired) electrons. The van der Waals surface area contributed by atoms with E-state index in [0.717, 1.165) is 6.92 Å². The molecule has 0 saturated carbocycles. The van der Waals surface area contributed by atoms with Crippen molar-refractivity contribution >= 4 is 59.1 Å². The molecular weight excluding hydrogens is 971 g/mol. The fourth-order valence-electron chi connectivity index (χ4n) is 10.0. The second kappa shape index (κ2) is 27.6. The zero-order valence-electron chi connectivity index (χ0n) is 46.2. The average Bonchev–Trinajstić information content (AvgIpc) is 4.06. The second-order valence-electron chi connectivity index (χ2n) is 21.7. The van der Waals surface area contributed by atoms with Crippen LogP contribution in [0.1, 0.15) is 126 Å². The highest BCUT2D eigenvalue weighted by molar-refractivity contribution is 6.35. The maximum absolute atomic E-state index is 14.9. The first-order chi connectivity index (χ1) is 35.2. The van der Waals surface area contributed by atoms with Crippen molar-refractivity contribution in [3.63, 3.8) is 0 Å². The summed E-state index contributed by atoms with van der Waals surface area (Å²) in [7, 11) is 4.31. The van der Waals surface area contributed by atoms with Crippen molar-refractivity contribution in [2.45, 2.75) is 188 Å². The molecule has 0 spiro atoms. The predicted octanol–water partition coefficient (Wildman–Crippen LogP) is 2.32. The van der Waals surface area contributed by atoms with E-state index < -0.39 is 138 Å². The van der Waals surface area contributed by atoms with Gasteiger partial charge in [0, 0.05) is 40.5 Å². The Balaban J connectivity index is 1.87. The summed E-state index contributed by atoms with van der Waals surface area (Å²) in [6.45, 7) is 17.0. The molecule has 3 aliphatic heterocycles. The number of likely N-dealkylation sites (N-methyl/N-ethyl adjacent to an activating group) is 2. The highest BCUT2D eigenvalue weighted by Crippen LogP contribution is 2.27. The highest BCUT2D eigenvalue weighted by atomic mass is 16.6. The van der Waals surface area contributed by atoms with Crippen LogP contribution in [0.5, 0.6) is 5.75 Å². The molecule has 21 nitrogen and oxygen atoms in total. The van der Waals surface area contributed by atoms with Crippen LogP contribution in [0.15, 0.2) is 24.3 Å². The number of Topliss-reactive ketones (excluding diaryl/α,β-unsaturated/α-hetero) is 1. The van der Waals surface area contributed by atoms with E-state index in [4.69, 9.17) is 14.2 Å². The number of methoxy groups -OCH3 is 1. The third-order valence-electron chi connectivity index (χ3n) is 14.6. The molecule has 3 fully saturated rings. The van der Waals surface area contributed by atoms with E-state index in [1.807, 2.05) is 27.7 Å². The van der Waals surface area contributed by atoms with E-state index >= 15 is 0 Å². The fraction of sp³-hybridized carbons (Fsp3) is 0.704. The molecule has 75 heavy (non-hydrogen) atoms. The van der Waals surface area contributed by atoms with Crippen molar-refractivity contribution in [3.05, 3.63) is 29.8 Å². The number of aliphatic hydroxyl groups excluding tert-OH is 1. The van der Waals surface area contributed by atoms with Crippen molar-refractivity contribution in [3.8, 4) is 5.75 Å². The number of rotatable bonds is 15. The Bertz CT molecular complexity index is 2220. The number of carbonyl (C=O) groups is 10. The molecule has 1 aromatic rings. The van der Waals surface area contributed by atoms with Gasteiger partial charge in [0.05, 0.1) is 25.7 Å². The normalized spacial score (nSPS) is 26.7. The zero-order chi connectivity index (χ0) is 56.2. The third-order valence-corrected chi connectivity index (χ3v) is 14.6. The number of ether oxygens (including phenoxy) is 3. The molecule has 1 aromatic carbocycles. The minimum Gasteiger partial charge on any atom is -0.497 e. The van der Waals surface area contributed by atoms with Crippen LogP contribution < -0.4 is 20.7 Å². The van der Waals surface area contributed by atoms with Crippen molar-refractivity contribution in [1.29, 1.82) is 0 Å². The third kappa shape index (κ3) is 16.0. The summed E-state index contributed by atoms with van der Waals surface area (Å²) in [6, 6.07) is -1.98. The monoisotopic (exact) mass is 1050 g/mol. The number of fused-ring (bicyclic) bond motifs is 1. The van der Waals surface area contributed by atoms with Gasteiger partial charge in [0.1, 0.15) is 48.1 Å². The maximum atomic E-state index is 14.9. The number of nitrogens with zero attached hydrogens (tertiary/aromatic N) is 4. The largest absolute Gasteiger partial charge is 0.497 e. The van der Waals surface area contributed by atoms with Gasteiger partial charge in [-0.05, 0) is 86.8 Å². The standard InChI is InChI=1S/C54H83N7O14/c1-14-32(8)44-42(63)28-43(64)75-46(31(6)7)49(67)55-37(25-29(2)3)51(69)61-24-16-18-39(61)53(71)59(12)41(27-35-19-21-36(73-13)22-20-35)54(72)74-34(10)45(48(66)56-44)57-47(65)40(26-30(4)5)58(11)52(70)38-17-15-23-60(38)50(68)33(9)62/h19-22,29-32,34,37-42,44-46,63H,14-18,23-28H2,1-13H3,(H,55,67)(H,56,66)(H,57,65)/t32-,34+,37-,38?,39-,40-,41-,42-,44+,45-,46-/m0/s1. The number of amides is 7. The summed E-state index contributed by atoms with van der Waals surface area (Å²) in [4.78, 5) is 146. The zero-order valence-corrected chi connectivity index (χ0v) is 46.2. The van der Waals surface area contributed by atoms with Crippen LogP contribution in [0.3, 0.4) is 0 Å². The smallest absolute Gasteiger partial charge is 0.329 e. The van der Waals surface area contributed by atoms with Crippen LogP contribution in [-0.2, 0) is 63.8 Å². The van der Waals surface area contributed by atoms with Crippen LogP contribution in [0.4, 0.5) is 0 Å². The molecule has 0 bridgehead atoms. The van der Waals surface area contributed by atoms with Crippen LogP contribution >= 0.6 is 0 Å². The molecule has 4 N–H and O–H groups in total. The van der Waals surface area contributed by atoms with E-state index in [2.05, 4.69) is 16.0 Å². The number of likely N-dealkylation sites (tertiary alicyclic amines) is 1. The molecule has 0 aromatic heterocycles. The molecule has 3 heterocycles. The fourth-order valence-corrected chi connectivity index (χ4v) is 10.0. The van der Waals surface area contributed by atoms with Gasteiger partial charge in [0.15, 0.2) is 6.10 Å². The lowest BCUT2D eigenvalue weighted by Crippen LogP contribution is -2.62. The molecule has 3 saturated heterocycles. The minimum absolute atomic E-state index is 0.0748. The van der Waals surface area contributed by atoms with Gasteiger partial charge in [-0.2, -0.15) is 0 Å². The van der Waals surface area contributed by atoms with E-state index in [9.17, 15) is 53.1 Å². The first-order valence-corrected chi connectivity index (χ1v) is 26.5. The van der Waals surface area contributed by atoms with Crippen LogP contribution in [0, 0.1) is 23.7 Å². The number of nitrogens with one attached hydrogen (secondary N) is 3. The van der Waals surface area contributed by atoms with Gasteiger partial charge in [0.2, 0.25) is 35.3 Å². The van der Waals surface area contributed by atoms with Crippen molar-refractivity contribution in [1.82, 2.24) is 35.6 Å². The van der Waals surface area contributed by atoms with E-state index in [0.29, 0.717) is 30.6 Å². The number of cyclic esters (lactones) is 2. The van der Waals surface area contributed by atoms with Gasteiger partial charge >= 0.3 is 11.9 Å². The Morgan fingerprint density at radius 1 is 0.880 bits per heavy atom. The van der Waals surface area contributed by atoms with Crippen LogP contribution in [0.25, 0.3) is 0 Å². The van der Waals surface area contributed by atoms with E-state index in [1.165, 1.54) is 47.7 Å². The molecule has 21 heteroatoms. The van der Waals surface area contributed by atoms with E-state index in [-0.39, 0.29) is 57.0 Å². The lowest BCUT2D eigenvalue weighted by molar-refractivity contribution is -0.162. The Morgan fingerprint density at radius 3 is 2.09 bits per heavy atom. The second-order valence-corrected chi connectivity index (χ2v) is 21.7. The lowest BCUT2D eigenvalue weighted by atomic mass is 9.92. The Kier molecular flexibility index (Phi) is 22.6. The Labute approximate surface area is 441 Å². The first-order valence-electron chi connectivity index (χ1n) is 26.5. The number of esters is 2. The highest BCUT2D eigenvalue weighted by Gasteiger charge is 2.45. The van der Waals surface area contributed by atoms with Crippen LogP contribution in [-0.4, -0.2) is 179 Å². The number of aliphatic hydroxyl groups is 1. The summed E-state index contributed by atoms with van der Waals surface area (Å²) in [5.41, 5.74) is 0.592. The molecular formula is C54H83N7O14. The molecule has 418 valence electrons. The van der Waals surface area contributed by atoms with Gasteiger partial charge in [0.25, 0.3) is 11.8 Å².